The molecule has 0 spiro atoms. The van der Waals surface area contributed by atoms with E-state index >= 15 is 0 Å². The van der Waals surface area contributed by atoms with Crippen LogP contribution in [0.5, 0.6) is 23.0 Å². The molecule has 79 heavy (non-hydrogen) atoms. The first-order chi connectivity index (χ1) is 37.9. The van der Waals surface area contributed by atoms with Crippen LogP contribution in [0.2, 0.25) is 0 Å². The Hall–Kier alpha value is -8.35. The zero-order valence-corrected chi connectivity index (χ0v) is 46.0. The third-order valence-electron chi connectivity index (χ3n) is 13.3. The number of aromatic nitrogens is 4. The van der Waals surface area contributed by atoms with Crippen LogP contribution in [0.1, 0.15) is 89.4 Å². The lowest BCUT2D eigenvalue weighted by Gasteiger charge is -2.28. The summed E-state index contributed by atoms with van der Waals surface area (Å²) in [5, 5.41) is 9.44. The third kappa shape index (κ3) is 13.5. The van der Waals surface area contributed by atoms with Crippen LogP contribution in [0.4, 0.5) is 25.0 Å². The second-order valence-electron chi connectivity index (χ2n) is 20.9. The molecular weight excluding hydrogens is 1010 g/mol. The van der Waals surface area contributed by atoms with Crippen LogP contribution in [0.25, 0.3) is 33.8 Å². The van der Waals surface area contributed by atoms with Gasteiger partial charge in [0.25, 0.3) is 11.8 Å². The number of aryl methyl sites for hydroxylation is 4. The third-order valence-corrected chi connectivity index (χ3v) is 13.3. The molecular formula is C61H66F2N8O8. The molecule has 0 aliphatic heterocycles. The van der Waals surface area contributed by atoms with Gasteiger partial charge in [-0.15, -0.1) is 0 Å². The number of fused-ring (bicyclic) bond motifs is 2. The SMILES string of the molecule is COCCN(C(=O)OC(C)(C)C)c1cc(Oc2cc(F)ccc2C)cn2c(-c3ccc(C(=O)NC4CC4)c(C)c3)cnc12.COCCNc1cc(Oc2cc(F)ccc2C)cn2c(-c3ccc(C(=O)NC4CC4)c(C)c3)cnc12. The molecule has 4 heterocycles. The van der Waals surface area contributed by atoms with E-state index in [0.717, 1.165) is 76.1 Å². The lowest BCUT2D eigenvalue weighted by molar-refractivity contribution is 0.0569. The van der Waals surface area contributed by atoms with Crippen molar-refractivity contribution < 1.29 is 46.8 Å². The Balaban J connectivity index is 0.000000195. The molecule has 4 aromatic heterocycles. The zero-order chi connectivity index (χ0) is 56.1. The molecule has 2 aliphatic rings. The molecule has 4 aromatic carbocycles. The lowest BCUT2D eigenvalue weighted by Crippen LogP contribution is -2.39. The number of ether oxygens (including phenoxy) is 5. The molecule has 3 N–H and O–H groups in total. The fourth-order valence-electron chi connectivity index (χ4n) is 8.83. The predicted molar refractivity (Wildman–Crippen MR) is 300 cm³/mol. The highest BCUT2D eigenvalue weighted by atomic mass is 19.1. The van der Waals surface area contributed by atoms with E-state index in [1.54, 1.807) is 71.8 Å². The van der Waals surface area contributed by atoms with Gasteiger partial charge >= 0.3 is 6.09 Å². The van der Waals surface area contributed by atoms with E-state index < -0.39 is 17.5 Å². The van der Waals surface area contributed by atoms with Gasteiger partial charge in [-0.25, -0.2) is 23.5 Å². The molecule has 3 amide bonds. The van der Waals surface area contributed by atoms with Crippen molar-refractivity contribution in [1.29, 1.82) is 0 Å². The van der Waals surface area contributed by atoms with E-state index in [2.05, 4.69) is 20.9 Å². The topological polar surface area (TPSA) is 171 Å². The molecule has 2 aliphatic carbocycles. The number of rotatable bonds is 18. The van der Waals surface area contributed by atoms with E-state index in [1.807, 2.05) is 85.2 Å². The number of anilines is 2. The molecule has 18 heteroatoms. The Morgan fingerprint density at radius 1 is 0.633 bits per heavy atom. The minimum atomic E-state index is -0.739. The number of methoxy groups -OCH3 is 2. The molecule has 16 nitrogen and oxygen atoms in total. The van der Waals surface area contributed by atoms with E-state index in [4.69, 9.17) is 28.7 Å². The molecule has 8 aromatic rings. The van der Waals surface area contributed by atoms with E-state index in [1.165, 1.54) is 29.2 Å². The van der Waals surface area contributed by atoms with Crippen LogP contribution in [-0.2, 0) is 14.2 Å². The van der Waals surface area contributed by atoms with Crippen LogP contribution in [0.3, 0.4) is 0 Å². The van der Waals surface area contributed by atoms with Gasteiger partial charge in [0.05, 0.1) is 67.3 Å². The zero-order valence-electron chi connectivity index (χ0n) is 46.0. The molecule has 0 atom stereocenters. The van der Waals surface area contributed by atoms with E-state index in [9.17, 15) is 23.2 Å². The number of hydrogen-bond acceptors (Lipinski definition) is 11. The Labute approximate surface area is 458 Å². The second-order valence-corrected chi connectivity index (χ2v) is 20.9. The van der Waals surface area contributed by atoms with Gasteiger partial charge in [-0.1, -0.05) is 24.3 Å². The average Bonchev–Trinajstić information content (AvgIpc) is 4.49. The Kier molecular flexibility index (Phi) is 16.6. The normalized spacial score (nSPS) is 13.2. The summed E-state index contributed by atoms with van der Waals surface area (Å²) in [5.41, 5.74) is 9.53. The minimum Gasteiger partial charge on any atom is -0.455 e. The molecule has 0 saturated heterocycles. The maximum atomic E-state index is 14.1. The number of nitrogens with one attached hydrogen (secondary N) is 3. The largest absolute Gasteiger partial charge is 0.455 e. The number of carbonyl (C=O) groups is 3. The number of halogens is 2. The highest BCUT2D eigenvalue weighted by Crippen LogP contribution is 2.37. The van der Waals surface area contributed by atoms with Crippen molar-refractivity contribution in [2.75, 3.05) is 50.7 Å². The summed E-state index contributed by atoms with van der Waals surface area (Å²) in [7, 11) is 3.20. The molecule has 0 unspecified atom stereocenters. The van der Waals surface area contributed by atoms with Gasteiger partial charge in [-0.3, -0.25) is 23.3 Å². The van der Waals surface area contributed by atoms with Crippen LogP contribution in [0, 0.1) is 39.3 Å². The Bertz CT molecular complexity index is 3560. The molecule has 0 bridgehead atoms. The first-order valence-electron chi connectivity index (χ1n) is 26.3. The molecule has 0 radical (unpaired) electrons. The van der Waals surface area contributed by atoms with Crippen LogP contribution < -0.4 is 30.3 Å². The minimum absolute atomic E-state index is 0.0366. The number of pyridine rings is 2. The van der Waals surface area contributed by atoms with Crippen LogP contribution >= 0.6 is 0 Å². The summed E-state index contributed by atoms with van der Waals surface area (Å²) in [5.74, 6) is 0.771. The molecule has 2 saturated carbocycles. The molecule has 2 fully saturated rings. The van der Waals surface area contributed by atoms with Crippen molar-refractivity contribution in [3.05, 3.63) is 155 Å². The van der Waals surface area contributed by atoms with Crippen molar-refractivity contribution >= 4 is 40.6 Å². The Morgan fingerprint density at radius 2 is 1.13 bits per heavy atom. The summed E-state index contributed by atoms with van der Waals surface area (Å²) in [6, 6.07) is 24.3. The second kappa shape index (κ2) is 23.7. The summed E-state index contributed by atoms with van der Waals surface area (Å²) in [4.78, 5) is 49.6. The maximum Gasteiger partial charge on any atom is 0.415 e. The number of hydrogen-bond donors (Lipinski definition) is 3. The van der Waals surface area contributed by atoms with Crippen LogP contribution in [-0.4, -0.2) is 94.9 Å². The Morgan fingerprint density at radius 3 is 1.61 bits per heavy atom. The fourth-order valence-corrected chi connectivity index (χ4v) is 8.83. The predicted octanol–water partition coefficient (Wildman–Crippen LogP) is 12.3. The van der Waals surface area contributed by atoms with Crippen molar-refractivity contribution in [3.63, 3.8) is 0 Å². The first-order valence-corrected chi connectivity index (χ1v) is 26.3. The van der Waals surface area contributed by atoms with Gasteiger partial charge in [0.1, 0.15) is 40.2 Å². The van der Waals surface area contributed by atoms with E-state index in [-0.39, 0.29) is 36.8 Å². The van der Waals surface area contributed by atoms with Gasteiger partial charge in [-0.2, -0.15) is 0 Å². The highest BCUT2D eigenvalue weighted by Gasteiger charge is 2.29. The number of nitrogens with zero attached hydrogens (tertiary/aromatic N) is 5. The van der Waals surface area contributed by atoms with Crippen LogP contribution in [0.15, 0.2) is 110 Å². The first kappa shape index (κ1) is 55.4. The van der Waals surface area contributed by atoms with E-state index in [0.29, 0.717) is 70.3 Å². The smallest absolute Gasteiger partial charge is 0.415 e. The summed E-state index contributed by atoms with van der Waals surface area (Å²) >= 11 is 0. The van der Waals surface area contributed by atoms with Gasteiger partial charge in [0.15, 0.2) is 11.3 Å². The van der Waals surface area contributed by atoms with Crippen molar-refractivity contribution in [1.82, 2.24) is 29.4 Å². The quantitative estimate of drug-likeness (QED) is 0.0699. The van der Waals surface area contributed by atoms with Crippen molar-refractivity contribution in [2.24, 2.45) is 0 Å². The number of amides is 3. The highest BCUT2D eigenvalue weighted by molar-refractivity contribution is 5.98. The molecule has 412 valence electrons. The lowest BCUT2D eigenvalue weighted by atomic mass is 10.0. The van der Waals surface area contributed by atoms with Gasteiger partial charge in [0, 0.05) is 79.4 Å². The summed E-state index contributed by atoms with van der Waals surface area (Å²) < 4.78 is 60.3. The summed E-state index contributed by atoms with van der Waals surface area (Å²) in [6.07, 6.45) is 10.6. The van der Waals surface area contributed by atoms with Crippen molar-refractivity contribution in [2.45, 2.75) is 91.8 Å². The standard InChI is InChI=1S/C33H37FN4O5.C28H29FN4O3/c1-20-7-9-23(34)16-29(20)42-25-17-27(37(13-14-41-6)32(40)43-33(3,4)5)30-35-18-28(38(30)19-25)22-8-12-26(21(2)15-22)31(39)36-24-10-11-24;1-17-4-6-20(29)13-26(17)36-22-14-24(30-10-11-35-3)27-31-15-25(33(27)16-22)19-5-9-23(18(2)12-19)28(34)32-21-7-8-21/h7-9,12,15-19,24H,10-11,13-14H2,1-6H3,(H,36,39);4-6,9,12-16,21,30H,7-8,10-11H2,1-3H3,(H,32,34). The van der Waals surface area contributed by atoms with Gasteiger partial charge in [-0.05, 0) is 133 Å². The number of carbonyl (C=O) groups excluding carboxylic acids is 3. The number of benzene rings is 4. The van der Waals surface area contributed by atoms with Crippen molar-refractivity contribution in [3.8, 4) is 45.5 Å². The van der Waals surface area contributed by atoms with Gasteiger partial charge in [0.2, 0.25) is 0 Å². The maximum absolute atomic E-state index is 14.1. The monoisotopic (exact) mass is 1080 g/mol. The fraction of sp³-hybridized carbons (Fsp3) is 0.328. The summed E-state index contributed by atoms with van der Waals surface area (Å²) in [6.45, 7) is 14.5. The number of imidazole rings is 2. The van der Waals surface area contributed by atoms with Gasteiger partial charge < -0.3 is 39.6 Å². The molecule has 10 rings (SSSR count). The average molecular weight is 1080 g/mol.